The first-order chi connectivity index (χ1) is 8.58. The standard InChI is InChI=1S/C13H13F3N2/c1-3-4-7-5-8-11(16)9(14)6-10(15)12(8)18-13(7)17-2/h5-6H,3-4H2,1-2H3,(H,17,18). The molecule has 0 aliphatic heterocycles. The molecule has 2 rings (SSSR count). The lowest BCUT2D eigenvalue weighted by Gasteiger charge is -2.10. The Morgan fingerprint density at radius 3 is 2.50 bits per heavy atom. The van der Waals surface area contributed by atoms with E-state index in [1.165, 1.54) is 6.07 Å². The number of aryl methyl sites for hydroxylation is 1. The number of nitrogens with one attached hydrogen (secondary N) is 1. The fourth-order valence-corrected chi connectivity index (χ4v) is 1.95. The quantitative estimate of drug-likeness (QED) is 0.846. The molecule has 96 valence electrons. The summed E-state index contributed by atoms with van der Waals surface area (Å²) < 4.78 is 40.3. The van der Waals surface area contributed by atoms with Gasteiger partial charge in [0.2, 0.25) is 0 Å². The Hall–Kier alpha value is -1.78. The molecule has 0 unspecified atom stereocenters. The summed E-state index contributed by atoms with van der Waals surface area (Å²) in [6.07, 6.45) is 1.50. The largest absolute Gasteiger partial charge is 0.373 e. The van der Waals surface area contributed by atoms with Crippen molar-refractivity contribution in [2.24, 2.45) is 0 Å². The van der Waals surface area contributed by atoms with Crippen LogP contribution in [0.1, 0.15) is 18.9 Å². The van der Waals surface area contributed by atoms with Gasteiger partial charge in [0.25, 0.3) is 0 Å². The van der Waals surface area contributed by atoms with Crippen molar-refractivity contribution in [3.8, 4) is 0 Å². The molecule has 2 nitrogen and oxygen atoms in total. The minimum Gasteiger partial charge on any atom is -0.373 e. The van der Waals surface area contributed by atoms with Crippen LogP contribution in [0.25, 0.3) is 10.9 Å². The molecule has 0 aliphatic carbocycles. The number of benzene rings is 1. The summed E-state index contributed by atoms with van der Waals surface area (Å²) in [6.45, 7) is 1.96. The first kappa shape index (κ1) is 12.7. The molecule has 0 radical (unpaired) electrons. The van der Waals surface area contributed by atoms with Crippen LogP contribution in [0.3, 0.4) is 0 Å². The number of hydrogen-bond acceptors (Lipinski definition) is 2. The highest BCUT2D eigenvalue weighted by atomic mass is 19.2. The second kappa shape index (κ2) is 4.84. The van der Waals surface area contributed by atoms with E-state index in [-0.39, 0.29) is 10.9 Å². The minimum absolute atomic E-state index is 0.116. The molecule has 1 N–H and O–H groups in total. The second-order valence-electron chi connectivity index (χ2n) is 4.05. The van der Waals surface area contributed by atoms with Crippen LogP contribution >= 0.6 is 0 Å². The smallest absolute Gasteiger partial charge is 0.168 e. The number of fused-ring (bicyclic) bond motifs is 1. The Labute approximate surface area is 103 Å². The Morgan fingerprint density at radius 1 is 1.17 bits per heavy atom. The number of aromatic nitrogens is 1. The van der Waals surface area contributed by atoms with Crippen LogP contribution in [0.5, 0.6) is 0 Å². The van der Waals surface area contributed by atoms with Crippen molar-refractivity contribution in [1.29, 1.82) is 0 Å². The third kappa shape index (κ3) is 2.00. The van der Waals surface area contributed by atoms with Crippen molar-refractivity contribution in [2.75, 3.05) is 12.4 Å². The van der Waals surface area contributed by atoms with Gasteiger partial charge in [-0.3, -0.25) is 0 Å². The Morgan fingerprint density at radius 2 is 1.89 bits per heavy atom. The van der Waals surface area contributed by atoms with E-state index in [2.05, 4.69) is 10.3 Å². The number of pyridine rings is 1. The zero-order valence-electron chi connectivity index (χ0n) is 10.2. The molecule has 5 heteroatoms. The molecule has 0 bridgehead atoms. The maximum absolute atomic E-state index is 13.6. The van der Waals surface area contributed by atoms with Gasteiger partial charge in [0.1, 0.15) is 11.3 Å². The molecule has 0 spiro atoms. The molecule has 18 heavy (non-hydrogen) atoms. The van der Waals surface area contributed by atoms with Crippen LogP contribution in [0.2, 0.25) is 0 Å². The molecule has 0 saturated carbocycles. The number of hydrogen-bond donors (Lipinski definition) is 1. The lowest BCUT2D eigenvalue weighted by molar-refractivity contribution is 0.505. The molecule has 1 aromatic heterocycles. The van der Waals surface area contributed by atoms with Gasteiger partial charge in [-0.15, -0.1) is 0 Å². The number of nitrogens with zero attached hydrogens (tertiary/aromatic N) is 1. The van der Waals surface area contributed by atoms with Crippen molar-refractivity contribution >= 4 is 16.7 Å². The van der Waals surface area contributed by atoms with E-state index in [0.29, 0.717) is 18.3 Å². The topological polar surface area (TPSA) is 24.9 Å². The summed E-state index contributed by atoms with van der Waals surface area (Å²) in [5.74, 6) is -2.61. The van der Waals surface area contributed by atoms with E-state index in [0.717, 1.165) is 12.0 Å². The van der Waals surface area contributed by atoms with Gasteiger partial charge in [0.15, 0.2) is 17.5 Å². The van der Waals surface area contributed by atoms with Gasteiger partial charge in [-0.2, -0.15) is 0 Å². The van der Waals surface area contributed by atoms with Gasteiger partial charge in [0, 0.05) is 18.5 Å². The molecular weight excluding hydrogens is 241 g/mol. The second-order valence-corrected chi connectivity index (χ2v) is 4.05. The van der Waals surface area contributed by atoms with Crippen LogP contribution in [0, 0.1) is 17.5 Å². The summed E-state index contributed by atoms with van der Waals surface area (Å²) in [5, 5.41) is 2.72. The van der Waals surface area contributed by atoms with Crippen LogP contribution in [-0.4, -0.2) is 12.0 Å². The summed E-state index contributed by atoms with van der Waals surface area (Å²) in [5.41, 5.74) is 0.592. The lowest BCUT2D eigenvalue weighted by Crippen LogP contribution is -2.02. The van der Waals surface area contributed by atoms with Gasteiger partial charge in [-0.1, -0.05) is 13.3 Å². The molecule has 1 heterocycles. The SMILES string of the molecule is CCCc1cc2c(F)c(F)cc(F)c2nc1NC. The predicted molar refractivity (Wildman–Crippen MR) is 65.2 cm³/mol. The van der Waals surface area contributed by atoms with Crippen molar-refractivity contribution in [3.63, 3.8) is 0 Å². The first-order valence-corrected chi connectivity index (χ1v) is 5.73. The van der Waals surface area contributed by atoms with E-state index in [1.54, 1.807) is 7.05 Å². The summed E-state index contributed by atoms with van der Waals surface area (Å²) >= 11 is 0. The Balaban J connectivity index is 2.78. The molecule has 0 saturated heterocycles. The third-order valence-corrected chi connectivity index (χ3v) is 2.78. The number of halogens is 3. The van der Waals surface area contributed by atoms with E-state index in [9.17, 15) is 13.2 Å². The zero-order chi connectivity index (χ0) is 13.3. The van der Waals surface area contributed by atoms with Crippen molar-refractivity contribution < 1.29 is 13.2 Å². The third-order valence-electron chi connectivity index (χ3n) is 2.78. The molecule has 2 aromatic rings. The molecule has 0 fully saturated rings. The highest BCUT2D eigenvalue weighted by Gasteiger charge is 2.16. The average molecular weight is 254 g/mol. The molecule has 0 atom stereocenters. The van der Waals surface area contributed by atoms with Gasteiger partial charge in [0.05, 0.1) is 0 Å². The Kier molecular flexibility index (Phi) is 3.41. The fourth-order valence-electron chi connectivity index (χ4n) is 1.95. The monoisotopic (exact) mass is 254 g/mol. The molecule has 0 amide bonds. The van der Waals surface area contributed by atoms with Crippen molar-refractivity contribution in [1.82, 2.24) is 4.98 Å². The highest BCUT2D eigenvalue weighted by molar-refractivity contribution is 5.83. The van der Waals surface area contributed by atoms with Gasteiger partial charge < -0.3 is 5.32 Å². The number of rotatable bonds is 3. The average Bonchev–Trinajstić information content (AvgIpc) is 2.36. The maximum atomic E-state index is 13.6. The van der Waals surface area contributed by atoms with Gasteiger partial charge >= 0.3 is 0 Å². The first-order valence-electron chi connectivity index (χ1n) is 5.73. The summed E-state index contributed by atoms with van der Waals surface area (Å²) in [7, 11) is 1.66. The van der Waals surface area contributed by atoms with E-state index in [4.69, 9.17) is 0 Å². The van der Waals surface area contributed by atoms with E-state index >= 15 is 0 Å². The lowest BCUT2D eigenvalue weighted by atomic mass is 10.1. The van der Waals surface area contributed by atoms with Crippen molar-refractivity contribution in [2.45, 2.75) is 19.8 Å². The summed E-state index contributed by atoms with van der Waals surface area (Å²) in [6, 6.07) is 1.97. The van der Waals surface area contributed by atoms with Crippen LogP contribution in [0.4, 0.5) is 19.0 Å². The van der Waals surface area contributed by atoms with E-state index in [1.807, 2.05) is 6.92 Å². The zero-order valence-corrected chi connectivity index (χ0v) is 10.2. The van der Waals surface area contributed by atoms with Gasteiger partial charge in [-0.05, 0) is 18.1 Å². The van der Waals surface area contributed by atoms with Crippen LogP contribution in [0.15, 0.2) is 12.1 Å². The fraction of sp³-hybridized carbons (Fsp3) is 0.308. The van der Waals surface area contributed by atoms with Crippen LogP contribution < -0.4 is 5.32 Å². The van der Waals surface area contributed by atoms with E-state index < -0.39 is 17.5 Å². The summed E-state index contributed by atoms with van der Waals surface area (Å²) in [4.78, 5) is 4.02. The predicted octanol–water partition coefficient (Wildman–Crippen LogP) is 3.65. The highest BCUT2D eigenvalue weighted by Crippen LogP contribution is 2.27. The molecule has 0 aliphatic rings. The van der Waals surface area contributed by atoms with Gasteiger partial charge in [-0.25, -0.2) is 18.2 Å². The normalized spacial score (nSPS) is 10.9. The van der Waals surface area contributed by atoms with Crippen molar-refractivity contribution in [3.05, 3.63) is 35.1 Å². The molecular formula is C13H13F3N2. The molecule has 1 aromatic carbocycles. The minimum atomic E-state index is -1.19. The number of anilines is 1. The maximum Gasteiger partial charge on any atom is 0.168 e. The Bertz CT molecular complexity index is 597. The van der Waals surface area contributed by atoms with Crippen LogP contribution in [-0.2, 0) is 6.42 Å².